The largest absolute Gasteiger partial charge is 0.497 e. The Labute approximate surface area is 231 Å². The highest BCUT2D eigenvalue weighted by Crippen LogP contribution is 2.30. The van der Waals surface area contributed by atoms with E-state index >= 15 is 0 Å². The SMILES string of the molecule is COc1ccc(NC2CSC(C#N)N2C(=O)CN(N)C2CCN(CC(=O)Nc3ccc(Cl)cn3)CC2)cc1. The normalized spacial score (nSPS) is 20.2. The van der Waals surface area contributed by atoms with Gasteiger partial charge in [-0.15, -0.1) is 11.8 Å². The molecule has 2 aromatic rings. The second kappa shape index (κ2) is 13.1. The first kappa shape index (κ1) is 27.9. The van der Waals surface area contributed by atoms with Crippen LogP contribution in [0.1, 0.15) is 12.8 Å². The van der Waals surface area contributed by atoms with Gasteiger partial charge in [-0.3, -0.25) is 25.2 Å². The Bertz CT molecular complexity index is 1140. The Morgan fingerprint density at radius 2 is 2.00 bits per heavy atom. The molecule has 2 unspecified atom stereocenters. The molecule has 2 fully saturated rings. The molecule has 1 aromatic heterocycles. The van der Waals surface area contributed by atoms with Crippen LogP contribution in [-0.2, 0) is 9.59 Å². The number of thioether (sulfide) groups is 1. The number of nitrogens with one attached hydrogen (secondary N) is 2. The first-order valence-corrected chi connectivity index (χ1v) is 13.7. The number of rotatable bonds is 9. The van der Waals surface area contributed by atoms with Gasteiger partial charge in [0.25, 0.3) is 0 Å². The number of carbonyl (C=O) groups is 2. The van der Waals surface area contributed by atoms with Crippen molar-refractivity contribution in [2.75, 3.05) is 49.7 Å². The van der Waals surface area contributed by atoms with Crippen LogP contribution in [0.5, 0.6) is 5.75 Å². The average molecular weight is 559 g/mol. The highest BCUT2D eigenvalue weighted by molar-refractivity contribution is 8.00. The van der Waals surface area contributed by atoms with Crippen molar-refractivity contribution in [3.05, 3.63) is 47.6 Å². The van der Waals surface area contributed by atoms with Crippen molar-refractivity contribution in [2.24, 2.45) is 5.84 Å². The van der Waals surface area contributed by atoms with Gasteiger partial charge in [-0.2, -0.15) is 5.26 Å². The summed E-state index contributed by atoms with van der Waals surface area (Å²) in [6.45, 7) is 1.60. The number of hydrazine groups is 1. The van der Waals surface area contributed by atoms with E-state index in [9.17, 15) is 14.9 Å². The fourth-order valence-electron chi connectivity index (χ4n) is 4.51. The smallest absolute Gasteiger partial charge is 0.241 e. The third kappa shape index (κ3) is 7.27. The van der Waals surface area contributed by atoms with E-state index in [1.54, 1.807) is 29.2 Å². The number of amides is 2. The van der Waals surface area contributed by atoms with Crippen LogP contribution in [0, 0.1) is 11.3 Å². The standard InChI is InChI=1S/C25H31ClN8O3S/c1-37-20-5-3-18(4-6-20)30-22-16-38-25(12-27)34(22)24(36)15-33(28)19-8-10-32(11-9-19)14-23(35)31-21-7-2-17(26)13-29-21/h2-7,13,19,22,25,30H,8-11,14-16,28H2,1H3,(H,29,31,35). The zero-order chi connectivity index (χ0) is 27.1. The molecule has 202 valence electrons. The maximum atomic E-state index is 13.3. The molecule has 0 radical (unpaired) electrons. The van der Waals surface area contributed by atoms with E-state index < -0.39 is 5.37 Å². The van der Waals surface area contributed by atoms with Crippen LogP contribution >= 0.6 is 23.4 Å². The van der Waals surface area contributed by atoms with Gasteiger partial charge in [-0.25, -0.2) is 9.99 Å². The predicted octanol–water partition coefficient (Wildman–Crippen LogP) is 2.19. The zero-order valence-corrected chi connectivity index (χ0v) is 22.6. The molecule has 4 rings (SSSR count). The lowest BCUT2D eigenvalue weighted by atomic mass is 10.0. The molecule has 2 saturated heterocycles. The number of hydrogen-bond acceptors (Lipinski definition) is 10. The molecule has 13 heteroatoms. The lowest BCUT2D eigenvalue weighted by Crippen LogP contribution is -2.55. The fourth-order valence-corrected chi connectivity index (χ4v) is 5.73. The van der Waals surface area contributed by atoms with Crippen LogP contribution in [0.4, 0.5) is 11.5 Å². The van der Waals surface area contributed by atoms with E-state index in [0.717, 1.165) is 24.3 Å². The van der Waals surface area contributed by atoms with E-state index in [0.29, 0.717) is 29.7 Å². The number of methoxy groups -OCH3 is 1. The summed E-state index contributed by atoms with van der Waals surface area (Å²) < 4.78 is 5.20. The summed E-state index contributed by atoms with van der Waals surface area (Å²) >= 11 is 7.26. The van der Waals surface area contributed by atoms with E-state index in [1.165, 1.54) is 18.0 Å². The number of nitrogens with two attached hydrogens (primary N) is 1. The van der Waals surface area contributed by atoms with Gasteiger partial charge < -0.3 is 15.4 Å². The lowest BCUT2D eigenvalue weighted by Gasteiger charge is -2.37. The van der Waals surface area contributed by atoms with Gasteiger partial charge >= 0.3 is 0 Å². The summed E-state index contributed by atoms with van der Waals surface area (Å²) in [6.07, 6.45) is 2.60. The van der Waals surface area contributed by atoms with Crippen LogP contribution in [0.2, 0.25) is 5.02 Å². The minimum atomic E-state index is -0.581. The number of anilines is 2. The molecule has 2 aliphatic rings. The highest BCUT2D eigenvalue weighted by Gasteiger charge is 2.38. The van der Waals surface area contributed by atoms with Crippen LogP contribution in [-0.4, -0.2) is 88.2 Å². The fraction of sp³-hybridized carbons (Fsp3) is 0.440. The maximum absolute atomic E-state index is 13.3. The van der Waals surface area contributed by atoms with Crippen molar-refractivity contribution in [1.82, 2.24) is 19.8 Å². The number of ether oxygens (including phenoxy) is 1. The molecule has 4 N–H and O–H groups in total. The number of carbonyl (C=O) groups excluding carboxylic acids is 2. The van der Waals surface area contributed by atoms with Crippen molar-refractivity contribution < 1.29 is 14.3 Å². The molecule has 2 atom stereocenters. The summed E-state index contributed by atoms with van der Waals surface area (Å²) in [4.78, 5) is 33.4. The number of aromatic nitrogens is 1. The molecular formula is C25H31ClN8O3S. The van der Waals surface area contributed by atoms with Crippen LogP contribution in [0.3, 0.4) is 0 Å². The van der Waals surface area contributed by atoms with E-state index in [4.69, 9.17) is 22.2 Å². The quantitative estimate of drug-likeness (QED) is 0.310. The Kier molecular flexibility index (Phi) is 9.65. The van der Waals surface area contributed by atoms with Gasteiger partial charge in [0.15, 0.2) is 5.37 Å². The Hall–Kier alpha value is -3.08. The number of nitriles is 1. The number of piperidine rings is 1. The molecule has 38 heavy (non-hydrogen) atoms. The van der Waals surface area contributed by atoms with Crippen LogP contribution in [0.25, 0.3) is 0 Å². The third-order valence-electron chi connectivity index (χ3n) is 6.53. The average Bonchev–Trinajstić information content (AvgIpc) is 3.33. The highest BCUT2D eigenvalue weighted by atomic mass is 35.5. The molecule has 11 nitrogen and oxygen atoms in total. The molecular weight excluding hydrogens is 528 g/mol. The third-order valence-corrected chi connectivity index (χ3v) is 7.91. The predicted molar refractivity (Wildman–Crippen MR) is 147 cm³/mol. The van der Waals surface area contributed by atoms with Gasteiger partial charge in [-0.05, 0) is 49.2 Å². The van der Waals surface area contributed by atoms with Crippen molar-refractivity contribution in [3.63, 3.8) is 0 Å². The molecule has 0 spiro atoms. The van der Waals surface area contributed by atoms with Gasteiger partial charge in [-0.1, -0.05) is 11.6 Å². The van der Waals surface area contributed by atoms with Crippen molar-refractivity contribution in [2.45, 2.75) is 30.4 Å². The van der Waals surface area contributed by atoms with E-state index in [1.807, 2.05) is 24.3 Å². The van der Waals surface area contributed by atoms with E-state index in [-0.39, 0.29) is 37.1 Å². The molecule has 0 bridgehead atoms. The Balaban J connectivity index is 1.26. The van der Waals surface area contributed by atoms with Gasteiger partial charge in [0.1, 0.15) is 17.7 Å². The molecule has 2 amide bonds. The summed E-state index contributed by atoms with van der Waals surface area (Å²) in [5.74, 6) is 7.77. The van der Waals surface area contributed by atoms with Crippen molar-refractivity contribution >= 4 is 46.7 Å². The van der Waals surface area contributed by atoms with Crippen molar-refractivity contribution in [1.29, 1.82) is 5.26 Å². The number of hydrogen-bond donors (Lipinski definition) is 3. The second-order valence-electron chi connectivity index (χ2n) is 9.09. The first-order chi connectivity index (χ1) is 18.4. The minimum absolute atomic E-state index is 0.0000164. The molecule has 2 aliphatic heterocycles. The monoisotopic (exact) mass is 558 g/mol. The van der Waals surface area contributed by atoms with Gasteiger partial charge in [0.05, 0.1) is 31.3 Å². The Morgan fingerprint density at radius 1 is 1.26 bits per heavy atom. The van der Waals surface area contributed by atoms with Gasteiger partial charge in [0.2, 0.25) is 11.8 Å². The zero-order valence-electron chi connectivity index (χ0n) is 21.0. The number of halogens is 1. The molecule has 3 heterocycles. The lowest BCUT2D eigenvalue weighted by molar-refractivity contribution is -0.134. The topological polar surface area (TPSA) is 140 Å². The molecule has 0 aliphatic carbocycles. The summed E-state index contributed by atoms with van der Waals surface area (Å²) in [7, 11) is 1.60. The van der Waals surface area contributed by atoms with Crippen molar-refractivity contribution in [3.8, 4) is 11.8 Å². The summed E-state index contributed by atoms with van der Waals surface area (Å²) in [5.41, 5.74) is 0.834. The van der Waals surface area contributed by atoms with E-state index in [2.05, 4.69) is 26.6 Å². The number of benzene rings is 1. The molecule has 1 aromatic carbocycles. The minimum Gasteiger partial charge on any atom is -0.497 e. The number of pyridine rings is 1. The first-order valence-electron chi connectivity index (χ1n) is 12.2. The number of likely N-dealkylation sites (tertiary alicyclic amines) is 1. The second-order valence-corrected chi connectivity index (χ2v) is 10.6. The van der Waals surface area contributed by atoms with Gasteiger partial charge in [0, 0.05) is 36.8 Å². The Morgan fingerprint density at radius 3 is 2.63 bits per heavy atom. The molecule has 0 saturated carbocycles. The van der Waals surface area contributed by atoms with Crippen LogP contribution in [0.15, 0.2) is 42.6 Å². The maximum Gasteiger partial charge on any atom is 0.241 e. The summed E-state index contributed by atoms with van der Waals surface area (Å²) in [6, 6.07) is 13.0. The van der Waals surface area contributed by atoms with Crippen LogP contribution < -0.4 is 21.2 Å². The summed E-state index contributed by atoms with van der Waals surface area (Å²) in [5, 5.41) is 17.2. The number of nitrogens with zero attached hydrogens (tertiary/aromatic N) is 5.